The highest BCUT2D eigenvalue weighted by Crippen LogP contribution is 2.42. The first kappa shape index (κ1) is 12.0. The van der Waals surface area contributed by atoms with E-state index < -0.39 is 0 Å². The average Bonchev–Trinajstić information content (AvgIpc) is 2.33. The predicted molar refractivity (Wildman–Crippen MR) is 67.9 cm³/mol. The molecular formula is C13H19N3O. The van der Waals surface area contributed by atoms with Gasteiger partial charge in [0, 0.05) is 19.8 Å². The molecule has 0 atom stereocenters. The molecule has 0 spiro atoms. The molecule has 4 heteroatoms. The zero-order valence-corrected chi connectivity index (χ0v) is 10.4. The second kappa shape index (κ2) is 4.84. The molecule has 0 saturated heterocycles. The van der Waals surface area contributed by atoms with Gasteiger partial charge in [0.15, 0.2) is 0 Å². The predicted octanol–water partition coefficient (Wildman–Crippen LogP) is 1.43. The molecule has 1 amide bonds. The number of amides is 1. The Labute approximate surface area is 102 Å². The topological polar surface area (TPSA) is 45.2 Å². The van der Waals surface area contributed by atoms with Gasteiger partial charge in [-0.15, -0.1) is 0 Å². The fourth-order valence-electron chi connectivity index (χ4n) is 2.43. The van der Waals surface area contributed by atoms with Crippen LogP contribution in [0.5, 0.6) is 0 Å². The van der Waals surface area contributed by atoms with Gasteiger partial charge in [-0.1, -0.05) is 6.42 Å². The summed E-state index contributed by atoms with van der Waals surface area (Å²) in [4.78, 5) is 18.3. The Morgan fingerprint density at radius 2 is 2.35 bits per heavy atom. The summed E-state index contributed by atoms with van der Waals surface area (Å²) in [6.07, 6.45) is 6.56. The standard InChI is InChI=1S/C13H19N3O/c1-14-10-13(6-4-7-13)12(17)16(2)11-5-3-8-15-9-11/h3,5,8-9,14H,4,6-7,10H2,1-2H3. The van der Waals surface area contributed by atoms with Crippen LogP contribution in [0.2, 0.25) is 0 Å². The summed E-state index contributed by atoms with van der Waals surface area (Å²) >= 11 is 0. The van der Waals surface area contributed by atoms with Gasteiger partial charge in [-0.2, -0.15) is 0 Å². The van der Waals surface area contributed by atoms with Gasteiger partial charge in [0.05, 0.1) is 17.3 Å². The van der Waals surface area contributed by atoms with Gasteiger partial charge in [0.25, 0.3) is 0 Å². The maximum atomic E-state index is 12.5. The Bertz CT molecular complexity index is 387. The lowest BCUT2D eigenvalue weighted by Gasteiger charge is -2.42. The second-order valence-electron chi connectivity index (χ2n) is 4.74. The zero-order valence-electron chi connectivity index (χ0n) is 10.4. The minimum Gasteiger partial charge on any atom is -0.319 e. The van der Waals surface area contributed by atoms with Crippen molar-refractivity contribution >= 4 is 11.6 Å². The minimum atomic E-state index is -0.195. The van der Waals surface area contributed by atoms with Crippen LogP contribution in [-0.4, -0.2) is 31.5 Å². The zero-order chi connectivity index (χ0) is 12.3. The van der Waals surface area contributed by atoms with Crippen LogP contribution in [0.15, 0.2) is 24.5 Å². The average molecular weight is 233 g/mol. The smallest absolute Gasteiger partial charge is 0.234 e. The summed E-state index contributed by atoms with van der Waals surface area (Å²) in [5.41, 5.74) is 0.666. The van der Waals surface area contributed by atoms with Gasteiger partial charge >= 0.3 is 0 Å². The van der Waals surface area contributed by atoms with Crippen LogP contribution < -0.4 is 10.2 Å². The SMILES string of the molecule is CNCC1(C(=O)N(C)c2cccnc2)CCC1. The van der Waals surface area contributed by atoms with Gasteiger partial charge < -0.3 is 10.2 Å². The van der Waals surface area contributed by atoms with Gasteiger partial charge in [0.1, 0.15) is 0 Å². The fraction of sp³-hybridized carbons (Fsp3) is 0.538. The Hall–Kier alpha value is -1.42. The third-order valence-corrected chi connectivity index (χ3v) is 3.62. The molecular weight excluding hydrogens is 214 g/mol. The number of pyridine rings is 1. The van der Waals surface area contributed by atoms with Crippen molar-refractivity contribution in [2.24, 2.45) is 5.41 Å². The van der Waals surface area contributed by atoms with Crippen molar-refractivity contribution in [1.82, 2.24) is 10.3 Å². The Balaban J connectivity index is 2.14. The molecule has 0 bridgehead atoms. The van der Waals surface area contributed by atoms with Crippen molar-refractivity contribution in [1.29, 1.82) is 0 Å². The maximum Gasteiger partial charge on any atom is 0.234 e. The van der Waals surface area contributed by atoms with Crippen LogP contribution in [0.25, 0.3) is 0 Å². The first-order valence-corrected chi connectivity index (χ1v) is 6.02. The molecule has 92 valence electrons. The lowest BCUT2D eigenvalue weighted by atomic mass is 9.67. The van der Waals surface area contributed by atoms with E-state index in [9.17, 15) is 4.79 Å². The van der Waals surface area contributed by atoms with E-state index in [2.05, 4.69) is 10.3 Å². The molecule has 1 aromatic rings. The number of rotatable bonds is 4. The highest BCUT2D eigenvalue weighted by atomic mass is 16.2. The van der Waals surface area contributed by atoms with Gasteiger partial charge in [-0.25, -0.2) is 0 Å². The number of nitrogens with zero attached hydrogens (tertiary/aromatic N) is 2. The summed E-state index contributed by atoms with van der Waals surface area (Å²) in [6.45, 7) is 0.760. The lowest BCUT2D eigenvalue weighted by Crippen LogP contribution is -2.51. The molecule has 0 aromatic carbocycles. The van der Waals surface area contributed by atoms with E-state index in [1.807, 2.05) is 26.2 Å². The first-order valence-electron chi connectivity index (χ1n) is 6.02. The highest BCUT2D eigenvalue weighted by Gasteiger charge is 2.45. The molecule has 2 rings (SSSR count). The normalized spacial score (nSPS) is 17.3. The number of carbonyl (C=O) groups is 1. The second-order valence-corrected chi connectivity index (χ2v) is 4.74. The van der Waals surface area contributed by atoms with Crippen molar-refractivity contribution in [2.75, 3.05) is 25.5 Å². The number of aromatic nitrogens is 1. The minimum absolute atomic E-state index is 0.195. The van der Waals surface area contributed by atoms with Crippen LogP contribution in [-0.2, 0) is 4.79 Å². The summed E-state index contributed by atoms with van der Waals surface area (Å²) in [5, 5.41) is 3.13. The van der Waals surface area contributed by atoms with E-state index in [1.165, 1.54) is 0 Å². The van der Waals surface area contributed by atoms with Crippen molar-refractivity contribution in [3.8, 4) is 0 Å². The van der Waals surface area contributed by atoms with Crippen molar-refractivity contribution in [3.05, 3.63) is 24.5 Å². The van der Waals surface area contributed by atoms with Gasteiger partial charge in [-0.3, -0.25) is 9.78 Å². The third kappa shape index (κ3) is 2.17. The number of hydrogen-bond donors (Lipinski definition) is 1. The Kier molecular flexibility index (Phi) is 3.43. The van der Waals surface area contributed by atoms with Crippen LogP contribution in [0.4, 0.5) is 5.69 Å². The third-order valence-electron chi connectivity index (χ3n) is 3.62. The molecule has 1 fully saturated rings. The first-order chi connectivity index (χ1) is 8.19. The fourth-order valence-corrected chi connectivity index (χ4v) is 2.43. The van der Waals surface area contributed by atoms with E-state index in [0.29, 0.717) is 0 Å². The van der Waals surface area contributed by atoms with E-state index in [1.54, 1.807) is 17.3 Å². The van der Waals surface area contributed by atoms with E-state index in [-0.39, 0.29) is 11.3 Å². The van der Waals surface area contributed by atoms with E-state index >= 15 is 0 Å². The molecule has 1 heterocycles. The maximum absolute atomic E-state index is 12.5. The van der Waals surface area contributed by atoms with Crippen LogP contribution in [0.3, 0.4) is 0 Å². The Morgan fingerprint density at radius 3 is 2.82 bits per heavy atom. The summed E-state index contributed by atoms with van der Waals surface area (Å²) in [5.74, 6) is 0.200. The number of anilines is 1. The summed E-state index contributed by atoms with van der Waals surface area (Å²) in [7, 11) is 3.73. The van der Waals surface area contributed by atoms with Crippen LogP contribution >= 0.6 is 0 Å². The molecule has 1 aliphatic carbocycles. The lowest BCUT2D eigenvalue weighted by molar-refractivity contribution is -0.132. The largest absolute Gasteiger partial charge is 0.319 e. The molecule has 1 aliphatic rings. The molecule has 0 unspecified atom stereocenters. The van der Waals surface area contributed by atoms with Crippen molar-refractivity contribution in [3.63, 3.8) is 0 Å². The molecule has 0 aliphatic heterocycles. The van der Waals surface area contributed by atoms with Crippen LogP contribution in [0.1, 0.15) is 19.3 Å². The van der Waals surface area contributed by atoms with E-state index in [0.717, 1.165) is 31.5 Å². The summed E-state index contributed by atoms with van der Waals surface area (Å²) in [6, 6.07) is 3.77. The van der Waals surface area contributed by atoms with Crippen molar-refractivity contribution < 1.29 is 4.79 Å². The Morgan fingerprint density at radius 1 is 1.59 bits per heavy atom. The highest BCUT2D eigenvalue weighted by molar-refractivity contribution is 5.97. The van der Waals surface area contributed by atoms with Crippen LogP contribution in [0, 0.1) is 5.41 Å². The number of nitrogens with one attached hydrogen (secondary N) is 1. The molecule has 1 aromatic heterocycles. The van der Waals surface area contributed by atoms with Gasteiger partial charge in [0.2, 0.25) is 5.91 Å². The van der Waals surface area contributed by atoms with Gasteiger partial charge in [-0.05, 0) is 32.0 Å². The monoisotopic (exact) mass is 233 g/mol. The molecule has 0 radical (unpaired) electrons. The molecule has 4 nitrogen and oxygen atoms in total. The van der Waals surface area contributed by atoms with E-state index in [4.69, 9.17) is 0 Å². The molecule has 17 heavy (non-hydrogen) atoms. The number of hydrogen-bond acceptors (Lipinski definition) is 3. The summed E-state index contributed by atoms with van der Waals surface area (Å²) < 4.78 is 0. The molecule has 1 N–H and O–H groups in total. The quantitative estimate of drug-likeness (QED) is 0.855. The number of carbonyl (C=O) groups excluding carboxylic acids is 1. The van der Waals surface area contributed by atoms with Crippen molar-refractivity contribution in [2.45, 2.75) is 19.3 Å². The molecule has 1 saturated carbocycles.